The topological polar surface area (TPSA) is 28.7 Å². The predicted octanol–water partition coefficient (Wildman–Crippen LogP) is 4.10. The maximum Gasteiger partial charge on any atom is 0.138 e. The van der Waals surface area contributed by atoms with Gasteiger partial charge >= 0.3 is 0 Å². The minimum Gasteiger partial charge on any atom is -0.338 e. The molecule has 0 amide bonds. The highest BCUT2D eigenvalue weighted by Crippen LogP contribution is 2.18. The van der Waals surface area contributed by atoms with Crippen molar-refractivity contribution in [3.05, 3.63) is 60.5 Å². The smallest absolute Gasteiger partial charge is 0.138 e. The molecule has 2 aromatic rings. The number of aromatic amines is 1. The van der Waals surface area contributed by atoms with Crippen LogP contribution in [0.15, 0.2) is 54.6 Å². The van der Waals surface area contributed by atoms with Crippen LogP contribution in [0.4, 0.5) is 0 Å². The SMILES string of the molecule is C=C(C)/C=C\C(=C/C)c1nc2ccccc2[nH]1. The van der Waals surface area contributed by atoms with Crippen molar-refractivity contribution < 1.29 is 0 Å². The van der Waals surface area contributed by atoms with Crippen molar-refractivity contribution in [2.75, 3.05) is 0 Å². The van der Waals surface area contributed by atoms with E-state index in [2.05, 4.69) is 16.5 Å². The molecule has 86 valence electrons. The molecule has 0 bridgehead atoms. The molecule has 0 aliphatic carbocycles. The second-order valence-corrected chi connectivity index (χ2v) is 4.03. The molecule has 0 aliphatic heterocycles. The van der Waals surface area contributed by atoms with E-state index in [1.165, 1.54) is 0 Å². The predicted molar refractivity (Wildman–Crippen MR) is 73.7 cm³/mol. The Bertz CT molecular complexity index is 567. The number of rotatable bonds is 3. The lowest BCUT2D eigenvalue weighted by molar-refractivity contribution is 1.27. The van der Waals surface area contributed by atoms with Gasteiger partial charge in [-0.05, 0) is 26.0 Å². The van der Waals surface area contributed by atoms with Crippen molar-refractivity contribution in [2.24, 2.45) is 0 Å². The molecule has 2 rings (SSSR count). The summed E-state index contributed by atoms with van der Waals surface area (Å²) in [7, 11) is 0. The molecular weight excluding hydrogens is 208 g/mol. The Labute approximate surface area is 101 Å². The number of nitrogens with one attached hydrogen (secondary N) is 1. The average Bonchev–Trinajstić information content (AvgIpc) is 2.72. The van der Waals surface area contributed by atoms with Crippen LogP contribution >= 0.6 is 0 Å². The molecule has 1 aromatic carbocycles. The van der Waals surface area contributed by atoms with Gasteiger partial charge in [-0.2, -0.15) is 0 Å². The molecule has 0 saturated carbocycles. The first-order chi connectivity index (χ1) is 8.20. The molecule has 17 heavy (non-hydrogen) atoms. The van der Waals surface area contributed by atoms with Gasteiger partial charge in [0.1, 0.15) is 5.82 Å². The minimum atomic E-state index is 0.895. The van der Waals surface area contributed by atoms with Crippen LogP contribution in [0.5, 0.6) is 0 Å². The fourth-order valence-corrected chi connectivity index (χ4v) is 1.63. The quantitative estimate of drug-likeness (QED) is 0.781. The summed E-state index contributed by atoms with van der Waals surface area (Å²) in [6.07, 6.45) is 6.06. The standard InChI is InChI=1S/C15H16N2/c1-4-12(10-9-11(2)3)15-16-13-7-5-6-8-14(13)17-15/h4-10H,2H2,1,3H3,(H,16,17)/b10-9-,12-4+. The highest BCUT2D eigenvalue weighted by Gasteiger charge is 2.03. The number of nitrogens with zero attached hydrogens (tertiary/aromatic N) is 1. The molecule has 0 saturated heterocycles. The Hall–Kier alpha value is -2.09. The van der Waals surface area contributed by atoms with E-state index in [-0.39, 0.29) is 0 Å². The first-order valence-electron chi connectivity index (χ1n) is 5.65. The van der Waals surface area contributed by atoms with Crippen molar-refractivity contribution in [3.63, 3.8) is 0 Å². The summed E-state index contributed by atoms with van der Waals surface area (Å²) >= 11 is 0. The fourth-order valence-electron chi connectivity index (χ4n) is 1.63. The summed E-state index contributed by atoms with van der Waals surface area (Å²) in [5, 5.41) is 0. The van der Waals surface area contributed by atoms with Gasteiger partial charge in [0.2, 0.25) is 0 Å². The Morgan fingerprint density at radius 3 is 2.71 bits per heavy atom. The lowest BCUT2D eigenvalue weighted by Crippen LogP contribution is -1.83. The Morgan fingerprint density at radius 1 is 1.29 bits per heavy atom. The van der Waals surface area contributed by atoms with Gasteiger partial charge in [-0.3, -0.25) is 0 Å². The normalized spacial score (nSPS) is 12.5. The number of hydrogen-bond acceptors (Lipinski definition) is 1. The van der Waals surface area contributed by atoms with Crippen LogP contribution in [0.3, 0.4) is 0 Å². The van der Waals surface area contributed by atoms with Crippen molar-refractivity contribution >= 4 is 16.6 Å². The molecule has 1 heterocycles. The fraction of sp³-hybridized carbons (Fsp3) is 0.133. The molecule has 0 atom stereocenters. The third kappa shape index (κ3) is 2.53. The number of benzene rings is 1. The molecule has 0 radical (unpaired) electrons. The van der Waals surface area contributed by atoms with E-state index in [0.717, 1.165) is 28.0 Å². The third-order valence-electron chi connectivity index (χ3n) is 2.52. The second kappa shape index (κ2) is 4.83. The van der Waals surface area contributed by atoms with Gasteiger partial charge < -0.3 is 4.98 Å². The number of fused-ring (bicyclic) bond motifs is 1. The van der Waals surface area contributed by atoms with E-state index in [1.54, 1.807) is 0 Å². The summed E-state index contributed by atoms with van der Waals surface area (Å²) in [5.74, 6) is 0.895. The second-order valence-electron chi connectivity index (χ2n) is 4.03. The molecule has 0 spiro atoms. The largest absolute Gasteiger partial charge is 0.338 e. The zero-order valence-electron chi connectivity index (χ0n) is 10.2. The Kier molecular flexibility index (Phi) is 3.24. The van der Waals surface area contributed by atoms with Gasteiger partial charge in [-0.25, -0.2) is 4.98 Å². The maximum atomic E-state index is 4.56. The van der Waals surface area contributed by atoms with Crippen LogP contribution in [0.1, 0.15) is 19.7 Å². The molecule has 1 aromatic heterocycles. The van der Waals surface area contributed by atoms with Gasteiger partial charge in [-0.15, -0.1) is 0 Å². The molecule has 1 N–H and O–H groups in total. The van der Waals surface area contributed by atoms with Gasteiger partial charge in [0, 0.05) is 5.57 Å². The summed E-state index contributed by atoms with van der Waals surface area (Å²) in [6.45, 7) is 7.83. The summed E-state index contributed by atoms with van der Waals surface area (Å²) in [6, 6.07) is 8.03. The van der Waals surface area contributed by atoms with E-state index in [1.807, 2.05) is 56.3 Å². The Balaban J connectivity index is 2.41. The van der Waals surface area contributed by atoms with Crippen LogP contribution in [0, 0.1) is 0 Å². The summed E-state index contributed by atoms with van der Waals surface area (Å²) in [4.78, 5) is 7.87. The number of imidazole rings is 1. The van der Waals surface area contributed by atoms with Crippen molar-refractivity contribution in [2.45, 2.75) is 13.8 Å². The Morgan fingerprint density at radius 2 is 2.06 bits per heavy atom. The van der Waals surface area contributed by atoms with E-state index in [0.29, 0.717) is 0 Å². The monoisotopic (exact) mass is 224 g/mol. The number of H-pyrrole nitrogens is 1. The van der Waals surface area contributed by atoms with E-state index >= 15 is 0 Å². The van der Waals surface area contributed by atoms with Gasteiger partial charge in [0.25, 0.3) is 0 Å². The number of allylic oxidation sites excluding steroid dienone is 5. The number of aromatic nitrogens is 2. The van der Waals surface area contributed by atoms with Crippen molar-refractivity contribution in [3.8, 4) is 0 Å². The van der Waals surface area contributed by atoms with Crippen LogP contribution in [-0.4, -0.2) is 9.97 Å². The van der Waals surface area contributed by atoms with Crippen LogP contribution < -0.4 is 0 Å². The molecular formula is C15H16N2. The highest BCUT2D eigenvalue weighted by atomic mass is 14.9. The summed E-state index contributed by atoms with van der Waals surface area (Å²) in [5.41, 5.74) is 4.15. The van der Waals surface area contributed by atoms with Gasteiger partial charge in [0.15, 0.2) is 0 Å². The van der Waals surface area contributed by atoms with E-state index < -0.39 is 0 Å². The molecule has 0 aliphatic rings. The maximum absolute atomic E-state index is 4.56. The van der Waals surface area contributed by atoms with Crippen LogP contribution in [0.2, 0.25) is 0 Å². The summed E-state index contributed by atoms with van der Waals surface area (Å²) < 4.78 is 0. The third-order valence-corrected chi connectivity index (χ3v) is 2.52. The first-order valence-corrected chi connectivity index (χ1v) is 5.65. The highest BCUT2D eigenvalue weighted by molar-refractivity contribution is 5.80. The van der Waals surface area contributed by atoms with Gasteiger partial charge in [0.05, 0.1) is 11.0 Å². The number of para-hydroxylation sites is 2. The molecule has 2 nitrogen and oxygen atoms in total. The lowest BCUT2D eigenvalue weighted by atomic mass is 10.2. The van der Waals surface area contributed by atoms with E-state index in [4.69, 9.17) is 0 Å². The van der Waals surface area contributed by atoms with Crippen LogP contribution in [0.25, 0.3) is 16.6 Å². The van der Waals surface area contributed by atoms with Crippen molar-refractivity contribution in [1.82, 2.24) is 9.97 Å². The van der Waals surface area contributed by atoms with Gasteiger partial charge in [-0.1, -0.05) is 42.5 Å². The first kappa shape index (κ1) is 11.4. The molecule has 0 unspecified atom stereocenters. The minimum absolute atomic E-state index is 0.895. The average molecular weight is 224 g/mol. The van der Waals surface area contributed by atoms with E-state index in [9.17, 15) is 0 Å². The number of hydrogen-bond donors (Lipinski definition) is 1. The van der Waals surface area contributed by atoms with Crippen molar-refractivity contribution in [1.29, 1.82) is 0 Å². The zero-order valence-corrected chi connectivity index (χ0v) is 10.2. The molecule has 2 heteroatoms. The lowest BCUT2D eigenvalue weighted by Gasteiger charge is -1.95. The zero-order chi connectivity index (χ0) is 12.3. The van der Waals surface area contributed by atoms with Crippen LogP contribution in [-0.2, 0) is 0 Å². The molecule has 0 fully saturated rings.